The Bertz CT molecular complexity index is 393. The van der Waals surface area contributed by atoms with Crippen molar-refractivity contribution in [2.75, 3.05) is 13.2 Å². The maximum atomic E-state index is 12.1. The summed E-state index contributed by atoms with van der Waals surface area (Å²) in [6.07, 6.45) is -0.168. The minimum atomic E-state index is -0.436. The molecule has 0 heterocycles. The summed E-state index contributed by atoms with van der Waals surface area (Å²) in [7, 11) is 0. The van der Waals surface area contributed by atoms with Gasteiger partial charge in [-0.1, -0.05) is 12.1 Å². The molecule has 1 aromatic carbocycles. The standard InChI is InChI=1S/C15H22O3/c1-5-17-15(18-6-2)10-14(16)13-8-7-11(3)12(4)9-13/h7-9,15H,5-6,10H2,1-4H3. The van der Waals surface area contributed by atoms with Gasteiger partial charge in [0, 0.05) is 18.8 Å². The molecule has 0 saturated carbocycles. The summed E-state index contributed by atoms with van der Waals surface area (Å²) >= 11 is 0. The van der Waals surface area contributed by atoms with E-state index in [0.717, 1.165) is 11.1 Å². The molecule has 0 bridgehead atoms. The molecule has 0 amide bonds. The normalized spacial score (nSPS) is 10.9. The van der Waals surface area contributed by atoms with Gasteiger partial charge in [0.1, 0.15) is 0 Å². The third-order valence-corrected chi connectivity index (χ3v) is 2.89. The van der Waals surface area contributed by atoms with Crippen molar-refractivity contribution in [3.8, 4) is 0 Å². The van der Waals surface area contributed by atoms with E-state index in [2.05, 4.69) is 0 Å². The zero-order valence-corrected chi connectivity index (χ0v) is 11.7. The summed E-state index contributed by atoms with van der Waals surface area (Å²) < 4.78 is 10.8. The SMILES string of the molecule is CCOC(CC(=O)c1ccc(C)c(C)c1)OCC. The lowest BCUT2D eigenvalue weighted by Crippen LogP contribution is -2.21. The number of ketones is 1. The van der Waals surface area contributed by atoms with Crippen molar-refractivity contribution in [2.45, 2.75) is 40.4 Å². The van der Waals surface area contributed by atoms with Crippen molar-refractivity contribution < 1.29 is 14.3 Å². The Hall–Kier alpha value is -1.19. The summed E-state index contributed by atoms with van der Waals surface area (Å²) in [6.45, 7) is 8.93. The van der Waals surface area contributed by atoms with Gasteiger partial charge in [-0.3, -0.25) is 4.79 Å². The number of hydrogen-bond acceptors (Lipinski definition) is 3. The van der Waals surface area contributed by atoms with Crippen LogP contribution in [0.4, 0.5) is 0 Å². The Morgan fingerprint density at radius 3 is 2.22 bits per heavy atom. The number of carbonyl (C=O) groups excluding carboxylic acids is 1. The van der Waals surface area contributed by atoms with E-state index in [1.54, 1.807) is 0 Å². The number of rotatable bonds is 7. The maximum absolute atomic E-state index is 12.1. The van der Waals surface area contributed by atoms with Gasteiger partial charge in [0.2, 0.25) is 0 Å². The van der Waals surface area contributed by atoms with Crippen LogP contribution in [0.2, 0.25) is 0 Å². The third kappa shape index (κ3) is 4.24. The Morgan fingerprint density at radius 2 is 1.72 bits per heavy atom. The van der Waals surface area contributed by atoms with Gasteiger partial charge in [0.15, 0.2) is 12.1 Å². The lowest BCUT2D eigenvalue weighted by Gasteiger charge is -2.16. The van der Waals surface area contributed by atoms with Crippen molar-refractivity contribution >= 4 is 5.78 Å². The molecule has 18 heavy (non-hydrogen) atoms. The van der Waals surface area contributed by atoms with Crippen molar-refractivity contribution in [1.82, 2.24) is 0 Å². The van der Waals surface area contributed by atoms with Crippen LogP contribution >= 0.6 is 0 Å². The Morgan fingerprint density at radius 1 is 1.11 bits per heavy atom. The van der Waals surface area contributed by atoms with Crippen LogP contribution in [0.5, 0.6) is 0 Å². The van der Waals surface area contributed by atoms with E-state index in [1.807, 2.05) is 45.9 Å². The number of ether oxygens (including phenoxy) is 2. The Kier molecular flexibility index (Phi) is 6.02. The lowest BCUT2D eigenvalue weighted by molar-refractivity contribution is -0.133. The highest BCUT2D eigenvalue weighted by molar-refractivity contribution is 5.96. The zero-order valence-electron chi connectivity index (χ0n) is 11.7. The molecule has 0 saturated heterocycles. The molecule has 0 N–H and O–H groups in total. The Labute approximate surface area is 109 Å². The van der Waals surface area contributed by atoms with Gasteiger partial charge in [0.05, 0.1) is 6.42 Å². The summed E-state index contributed by atoms with van der Waals surface area (Å²) in [5, 5.41) is 0. The molecule has 1 rings (SSSR count). The van der Waals surface area contributed by atoms with E-state index in [0.29, 0.717) is 13.2 Å². The van der Waals surface area contributed by atoms with Gasteiger partial charge in [0.25, 0.3) is 0 Å². The van der Waals surface area contributed by atoms with Crippen molar-refractivity contribution in [1.29, 1.82) is 0 Å². The second-order valence-corrected chi connectivity index (χ2v) is 4.27. The molecule has 0 aromatic heterocycles. The molecule has 0 aliphatic carbocycles. The van der Waals surface area contributed by atoms with Crippen molar-refractivity contribution in [3.05, 3.63) is 34.9 Å². The second-order valence-electron chi connectivity index (χ2n) is 4.27. The van der Waals surface area contributed by atoms with E-state index in [-0.39, 0.29) is 12.2 Å². The number of hydrogen-bond donors (Lipinski definition) is 0. The van der Waals surface area contributed by atoms with Crippen LogP contribution in [0.1, 0.15) is 41.8 Å². The van der Waals surface area contributed by atoms with Crippen molar-refractivity contribution in [3.63, 3.8) is 0 Å². The van der Waals surface area contributed by atoms with Gasteiger partial charge in [-0.05, 0) is 44.9 Å². The molecule has 0 fully saturated rings. The number of aryl methyl sites for hydroxylation is 2. The van der Waals surface area contributed by atoms with Gasteiger partial charge in [-0.15, -0.1) is 0 Å². The fourth-order valence-electron chi connectivity index (χ4n) is 1.72. The molecule has 0 radical (unpaired) electrons. The third-order valence-electron chi connectivity index (χ3n) is 2.89. The van der Waals surface area contributed by atoms with Crippen LogP contribution in [0.3, 0.4) is 0 Å². The molecule has 3 nitrogen and oxygen atoms in total. The number of carbonyl (C=O) groups is 1. The highest BCUT2D eigenvalue weighted by Gasteiger charge is 2.15. The molecular formula is C15H22O3. The van der Waals surface area contributed by atoms with Crippen molar-refractivity contribution in [2.24, 2.45) is 0 Å². The van der Waals surface area contributed by atoms with Crippen LogP contribution in [-0.4, -0.2) is 25.3 Å². The van der Waals surface area contributed by atoms with Gasteiger partial charge in [-0.2, -0.15) is 0 Å². The van der Waals surface area contributed by atoms with Gasteiger partial charge < -0.3 is 9.47 Å². The first kappa shape index (κ1) is 14.9. The summed E-state index contributed by atoms with van der Waals surface area (Å²) in [6, 6.07) is 5.76. The van der Waals surface area contributed by atoms with Crippen LogP contribution < -0.4 is 0 Å². The van der Waals surface area contributed by atoms with Crippen LogP contribution in [-0.2, 0) is 9.47 Å². The predicted octanol–water partition coefficient (Wildman–Crippen LogP) is 3.28. The molecule has 3 heteroatoms. The van der Waals surface area contributed by atoms with E-state index in [4.69, 9.17) is 9.47 Å². The molecule has 100 valence electrons. The lowest BCUT2D eigenvalue weighted by atomic mass is 10.0. The second kappa shape index (κ2) is 7.29. The summed E-state index contributed by atoms with van der Waals surface area (Å²) in [4.78, 5) is 12.1. The summed E-state index contributed by atoms with van der Waals surface area (Å²) in [5.74, 6) is 0.0602. The maximum Gasteiger partial charge on any atom is 0.167 e. The minimum absolute atomic E-state index is 0.0602. The molecule has 0 atom stereocenters. The monoisotopic (exact) mass is 250 g/mol. The molecular weight excluding hydrogens is 228 g/mol. The highest BCUT2D eigenvalue weighted by Crippen LogP contribution is 2.14. The average Bonchev–Trinajstić information content (AvgIpc) is 2.33. The molecule has 0 unspecified atom stereocenters. The van der Waals surface area contributed by atoms with Crippen LogP contribution in [0, 0.1) is 13.8 Å². The number of Topliss-reactive ketones (excluding diaryl/α,β-unsaturated/α-hetero) is 1. The first-order valence-electron chi connectivity index (χ1n) is 6.42. The smallest absolute Gasteiger partial charge is 0.167 e. The minimum Gasteiger partial charge on any atom is -0.352 e. The van der Waals surface area contributed by atoms with E-state index in [9.17, 15) is 4.79 Å². The predicted molar refractivity (Wildman–Crippen MR) is 71.9 cm³/mol. The summed E-state index contributed by atoms with van der Waals surface area (Å²) in [5.41, 5.74) is 3.05. The highest BCUT2D eigenvalue weighted by atomic mass is 16.7. The zero-order chi connectivity index (χ0) is 13.5. The molecule has 0 spiro atoms. The fraction of sp³-hybridized carbons (Fsp3) is 0.533. The molecule has 0 aliphatic heterocycles. The van der Waals surface area contributed by atoms with Gasteiger partial charge in [-0.25, -0.2) is 0 Å². The van der Waals surface area contributed by atoms with E-state index < -0.39 is 6.29 Å². The molecule has 0 aliphatic rings. The Balaban J connectivity index is 2.70. The largest absolute Gasteiger partial charge is 0.352 e. The first-order chi connectivity index (χ1) is 8.58. The molecule has 1 aromatic rings. The number of benzene rings is 1. The first-order valence-corrected chi connectivity index (χ1v) is 6.42. The van der Waals surface area contributed by atoms with Gasteiger partial charge >= 0.3 is 0 Å². The van der Waals surface area contributed by atoms with Crippen LogP contribution in [0.25, 0.3) is 0 Å². The fourth-order valence-corrected chi connectivity index (χ4v) is 1.72. The van der Waals surface area contributed by atoms with Crippen LogP contribution in [0.15, 0.2) is 18.2 Å². The average molecular weight is 250 g/mol. The van der Waals surface area contributed by atoms with E-state index in [1.165, 1.54) is 5.56 Å². The quantitative estimate of drug-likeness (QED) is 0.550. The topological polar surface area (TPSA) is 35.5 Å². The van der Waals surface area contributed by atoms with E-state index >= 15 is 0 Å².